The lowest BCUT2D eigenvalue weighted by molar-refractivity contribution is -0.141. The molecule has 2 heteroatoms. The maximum Gasteiger partial charge on any atom is 0.318 e. The molecular formula is C16H16O2. The summed E-state index contributed by atoms with van der Waals surface area (Å²) in [4.78, 5) is 11.8. The molecule has 0 amide bonds. The average molecular weight is 240 g/mol. The predicted molar refractivity (Wildman–Crippen MR) is 71.7 cm³/mol. The molecule has 0 saturated heterocycles. The highest BCUT2D eigenvalue weighted by molar-refractivity contribution is 5.86. The van der Waals surface area contributed by atoms with E-state index in [9.17, 15) is 9.90 Å². The summed E-state index contributed by atoms with van der Waals surface area (Å²) in [5.41, 5.74) is 1.62. The molecule has 1 unspecified atom stereocenters. The Kier molecular flexibility index (Phi) is 3.19. The lowest BCUT2D eigenvalue weighted by Crippen LogP contribution is -2.34. The van der Waals surface area contributed by atoms with Crippen LogP contribution in [-0.4, -0.2) is 11.1 Å². The van der Waals surface area contributed by atoms with Crippen molar-refractivity contribution in [1.82, 2.24) is 0 Å². The highest BCUT2D eigenvalue weighted by Gasteiger charge is 2.37. The summed E-state index contributed by atoms with van der Waals surface area (Å²) in [6.45, 7) is 3.70. The number of hydrogen-bond donors (Lipinski definition) is 1. The fourth-order valence-electron chi connectivity index (χ4n) is 2.30. The lowest BCUT2D eigenvalue weighted by Gasteiger charge is -2.27. The monoisotopic (exact) mass is 240 g/mol. The summed E-state index contributed by atoms with van der Waals surface area (Å²) in [5, 5.41) is 9.66. The van der Waals surface area contributed by atoms with Crippen molar-refractivity contribution < 1.29 is 9.90 Å². The van der Waals surface area contributed by atoms with Gasteiger partial charge < -0.3 is 5.11 Å². The quantitative estimate of drug-likeness (QED) is 0.893. The van der Waals surface area contributed by atoms with Crippen LogP contribution in [0.4, 0.5) is 0 Å². The van der Waals surface area contributed by atoms with Gasteiger partial charge in [-0.05, 0) is 30.5 Å². The van der Waals surface area contributed by atoms with Crippen LogP contribution in [0.3, 0.4) is 0 Å². The number of hydrogen-bond acceptors (Lipinski definition) is 1. The Labute approximate surface area is 107 Å². The summed E-state index contributed by atoms with van der Waals surface area (Å²) in [6.07, 6.45) is 0. The summed E-state index contributed by atoms with van der Waals surface area (Å²) in [7, 11) is 0. The van der Waals surface area contributed by atoms with Gasteiger partial charge in [0.2, 0.25) is 0 Å². The first kappa shape index (κ1) is 12.4. The van der Waals surface area contributed by atoms with Crippen LogP contribution in [0.15, 0.2) is 54.6 Å². The van der Waals surface area contributed by atoms with Crippen molar-refractivity contribution in [3.05, 3.63) is 71.3 Å². The van der Waals surface area contributed by atoms with Crippen LogP contribution in [0.2, 0.25) is 0 Å². The maximum absolute atomic E-state index is 11.8. The van der Waals surface area contributed by atoms with E-state index in [2.05, 4.69) is 0 Å². The number of carbonyl (C=O) groups is 1. The van der Waals surface area contributed by atoms with Crippen LogP contribution < -0.4 is 0 Å². The molecule has 2 rings (SSSR count). The van der Waals surface area contributed by atoms with Crippen LogP contribution in [0.5, 0.6) is 0 Å². The van der Waals surface area contributed by atoms with Gasteiger partial charge in [-0.3, -0.25) is 4.79 Å². The molecule has 18 heavy (non-hydrogen) atoms. The Balaban J connectivity index is 2.67. The maximum atomic E-state index is 11.8. The van der Waals surface area contributed by atoms with Crippen LogP contribution in [-0.2, 0) is 10.2 Å². The molecule has 0 aliphatic rings. The number of carboxylic acids is 1. The van der Waals surface area contributed by atoms with Gasteiger partial charge in [-0.2, -0.15) is 0 Å². The standard InChI is InChI=1S/C16H16O2/c1-12-8-6-7-11-14(12)16(2,15(17)18)13-9-4-3-5-10-13/h3-11H,1-2H3,(H,17,18). The highest BCUT2D eigenvalue weighted by atomic mass is 16.4. The van der Waals surface area contributed by atoms with Gasteiger partial charge in [0, 0.05) is 0 Å². The number of carboxylic acid groups (broad SMARTS) is 1. The van der Waals surface area contributed by atoms with E-state index < -0.39 is 11.4 Å². The van der Waals surface area contributed by atoms with Crippen LogP contribution in [0.25, 0.3) is 0 Å². The van der Waals surface area contributed by atoms with Crippen molar-refractivity contribution in [2.75, 3.05) is 0 Å². The molecule has 0 bridgehead atoms. The lowest BCUT2D eigenvalue weighted by atomic mass is 9.74. The SMILES string of the molecule is Cc1ccccc1C(C)(C(=O)O)c1ccccc1. The second kappa shape index (κ2) is 4.65. The molecule has 0 aromatic heterocycles. The number of rotatable bonds is 3. The second-order valence-electron chi connectivity index (χ2n) is 4.61. The zero-order valence-electron chi connectivity index (χ0n) is 10.6. The molecule has 2 aromatic rings. The molecule has 0 fully saturated rings. The van der Waals surface area contributed by atoms with E-state index in [0.717, 1.165) is 16.7 Å². The third kappa shape index (κ3) is 1.90. The highest BCUT2D eigenvalue weighted by Crippen LogP contribution is 2.34. The van der Waals surface area contributed by atoms with Crippen molar-refractivity contribution in [3.8, 4) is 0 Å². The van der Waals surface area contributed by atoms with Crippen molar-refractivity contribution >= 4 is 5.97 Å². The van der Waals surface area contributed by atoms with Gasteiger partial charge in [-0.1, -0.05) is 54.6 Å². The van der Waals surface area contributed by atoms with E-state index in [1.807, 2.05) is 61.5 Å². The smallest absolute Gasteiger partial charge is 0.318 e. The van der Waals surface area contributed by atoms with E-state index in [1.165, 1.54) is 0 Å². The molecule has 0 aliphatic carbocycles. The largest absolute Gasteiger partial charge is 0.480 e. The molecule has 1 atom stereocenters. The van der Waals surface area contributed by atoms with Gasteiger partial charge >= 0.3 is 5.97 Å². The normalized spacial score (nSPS) is 13.9. The summed E-state index contributed by atoms with van der Waals surface area (Å²) < 4.78 is 0. The van der Waals surface area contributed by atoms with Crippen LogP contribution in [0.1, 0.15) is 23.6 Å². The Morgan fingerprint density at radius 3 is 2.11 bits per heavy atom. The topological polar surface area (TPSA) is 37.3 Å². The summed E-state index contributed by atoms with van der Waals surface area (Å²) in [6, 6.07) is 17.0. The summed E-state index contributed by atoms with van der Waals surface area (Å²) >= 11 is 0. The van der Waals surface area contributed by atoms with Crippen LogP contribution in [0, 0.1) is 6.92 Å². The first-order chi connectivity index (χ1) is 8.56. The van der Waals surface area contributed by atoms with Crippen molar-refractivity contribution in [3.63, 3.8) is 0 Å². The third-order valence-corrected chi connectivity index (χ3v) is 3.46. The molecule has 92 valence electrons. The second-order valence-corrected chi connectivity index (χ2v) is 4.61. The van der Waals surface area contributed by atoms with Gasteiger partial charge in [0.25, 0.3) is 0 Å². The molecule has 0 heterocycles. The molecule has 0 aliphatic heterocycles. The van der Waals surface area contributed by atoms with Gasteiger partial charge in [-0.15, -0.1) is 0 Å². The molecule has 0 saturated carbocycles. The molecule has 0 spiro atoms. The van der Waals surface area contributed by atoms with Gasteiger partial charge in [-0.25, -0.2) is 0 Å². The van der Waals surface area contributed by atoms with Crippen molar-refractivity contribution in [2.45, 2.75) is 19.3 Å². The minimum atomic E-state index is -1.01. The Morgan fingerprint density at radius 2 is 1.56 bits per heavy atom. The van der Waals surface area contributed by atoms with Gasteiger partial charge in [0.15, 0.2) is 0 Å². The van der Waals surface area contributed by atoms with E-state index in [4.69, 9.17) is 0 Å². The zero-order chi connectivity index (χ0) is 13.2. The molecule has 2 aromatic carbocycles. The fraction of sp³-hybridized carbons (Fsp3) is 0.188. The third-order valence-electron chi connectivity index (χ3n) is 3.46. The predicted octanol–water partition coefficient (Wildman–Crippen LogP) is 3.39. The minimum absolute atomic E-state index is 0.798. The molecule has 0 radical (unpaired) electrons. The Morgan fingerprint density at radius 1 is 1.00 bits per heavy atom. The Bertz CT molecular complexity index is 560. The minimum Gasteiger partial charge on any atom is -0.480 e. The first-order valence-corrected chi connectivity index (χ1v) is 5.92. The average Bonchev–Trinajstić information content (AvgIpc) is 2.39. The Hall–Kier alpha value is -2.09. The fourth-order valence-corrected chi connectivity index (χ4v) is 2.30. The van der Waals surface area contributed by atoms with Crippen molar-refractivity contribution in [1.29, 1.82) is 0 Å². The molecule has 1 N–H and O–H groups in total. The van der Waals surface area contributed by atoms with E-state index in [0.29, 0.717) is 0 Å². The molecular weight excluding hydrogens is 224 g/mol. The number of aryl methyl sites for hydroxylation is 1. The van der Waals surface area contributed by atoms with Gasteiger partial charge in [0.05, 0.1) is 0 Å². The summed E-state index contributed by atoms with van der Waals surface area (Å²) in [5.74, 6) is -0.831. The van der Waals surface area contributed by atoms with Crippen LogP contribution >= 0.6 is 0 Å². The van der Waals surface area contributed by atoms with Crippen molar-refractivity contribution in [2.24, 2.45) is 0 Å². The van der Waals surface area contributed by atoms with E-state index >= 15 is 0 Å². The van der Waals surface area contributed by atoms with E-state index in [-0.39, 0.29) is 0 Å². The van der Waals surface area contributed by atoms with Gasteiger partial charge in [0.1, 0.15) is 5.41 Å². The molecule has 2 nitrogen and oxygen atoms in total. The van der Waals surface area contributed by atoms with E-state index in [1.54, 1.807) is 6.92 Å². The number of aliphatic carboxylic acids is 1. The number of benzene rings is 2. The zero-order valence-corrected chi connectivity index (χ0v) is 10.6. The first-order valence-electron chi connectivity index (χ1n) is 5.92.